The second-order valence-electron chi connectivity index (χ2n) is 3.94. The van der Waals surface area contributed by atoms with Gasteiger partial charge in [0.15, 0.2) is 0 Å². The van der Waals surface area contributed by atoms with Crippen molar-refractivity contribution in [2.24, 2.45) is 5.73 Å². The van der Waals surface area contributed by atoms with Crippen LogP contribution in [0, 0.1) is 0 Å². The van der Waals surface area contributed by atoms with Crippen molar-refractivity contribution in [3.8, 4) is 0 Å². The number of nitrogens with two attached hydrogens (primary N) is 1. The molecule has 0 radical (unpaired) electrons. The average molecular weight is 333 g/mol. The molecule has 2 atom stereocenters. The molecule has 6 heteroatoms. The summed E-state index contributed by atoms with van der Waals surface area (Å²) in [5.41, 5.74) is 6.09. The van der Waals surface area contributed by atoms with Crippen molar-refractivity contribution in [2.45, 2.75) is 18.6 Å². The van der Waals surface area contributed by atoms with Crippen molar-refractivity contribution in [1.29, 1.82) is 0 Å². The molecule has 0 aliphatic heterocycles. The number of hydrogen-bond acceptors (Lipinski definition) is 3. The minimum atomic E-state index is -1.18. The van der Waals surface area contributed by atoms with Gasteiger partial charge in [0.2, 0.25) is 5.91 Å². The van der Waals surface area contributed by atoms with Crippen LogP contribution in [0.25, 0.3) is 0 Å². The molecule has 2 unspecified atom stereocenters. The van der Waals surface area contributed by atoms with Gasteiger partial charge >= 0.3 is 0 Å². The highest BCUT2D eigenvalue weighted by Crippen LogP contribution is 2.21. The van der Waals surface area contributed by atoms with Crippen LogP contribution in [0.4, 0.5) is 5.69 Å². The number of benzene rings is 1. The highest BCUT2D eigenvalue weighted by atomic mass is 79.9. The number of hydrogen-bond donors (Lipinski definition) is 2. The number of nitrogens with one attached hydrogen (secondary N) is 1. The molecule has 0 heterocycles. The summed E-state index contributed by atoms with van der Waals surface area (Å²) in [5.74, 6) is -0.244. The number of carbonyl (C=O) groups is 1. The van der Waals surface area contributed by atoms with E-state index in [0.717, 1.165) is 4.47 Å². The predicted molar refractivity (Wildman–Crippen MR) is 78.9 cm³/mol. The van der Waals surface area contributed by atoms with Crippen molar-refractivity contribution in [3.63, 3.8) is 0 Å². The van der Waals surface area contributed by atoms with Gasteiger partial charge in [-0.3, -0.25) is 9.00 Å². The second-order valence-corrected chi connectivity index (χ2v) is 6.65. The van der Waals surface area contributed by atoms with Gasteiger partial charge in [-0.25, -0.2) is 0 Å². The van der Waals surface area contributed by atoms with E-state index in [1.54, 1.807) is 6.07 Å². The minimum Gasteiger partial charge on any atom is -0.330 e. The highest BCUT2D eigenvalue weighted by molar-refractivity contribution is 9.10. The van der Waals surface area contributed by atoms with Crippen molar-refractivity contribution in [3.05, 3.63) is 28.7 Å². The van der Waals surface area contributed by atoms with Crippen LogP contribution in [0.3, 0.4) is 0 Å². The van der Waals surface area contributed by atoms with Crippen LogP contribution < -0.4 is 11.1 Å². The van der Waals surface area contributed by atoms with Gasteiger partial charge < -0.3 is 11.1 Å². The predicted octanol–water partition coefficient (Wildman–Crippen LogP) is 1.87. The first-order valence-corrected chi connectivity index (χ1v) is 7.83. The van der Waals surface area contributed by atoms with E-state index in [9.17, 15) is 9.00 Å². The number of carbonyl (C=O) groups excluding carboxylic acids is 1. The van der Waals surface area contributed by atoms with Gasteiger partial charge in [0.05, 0.1) is 5.69 Å². The SMILES string of the molecule is CC(CCN)S(=O)CC(=O)Nc1ccccc1Br. The van der Waals surface area contributed by atoms with Gasteiger partial charge in [-0.05, 0) is 41.0 Å². The van der Waals surface area contributed by atoms with Crippen LogP contribution in [-0.2, 0) is 15.6 Å². The smallest absolute Gasteiger partial charge is 0.237 e. The molecular formula is C12H17BrN2O2S. The molecule has 3 N–H and O–H groups in total. The molecule has 4 nitrogen and oxygen atoms in total. The fourth-order valence-electron chi connectivity index (χ4n) is 1.39. The summed E-state index contributed by atoms with van der Waals surface area (Å²) in [4.78, 5) is 11.7. The molecular weight excluding hydrogens is 316 g/mol. The van der Waals surface area contributed by atoms with E-state index in [-0.39, 0.29) is 16.9 Å². The summed E-state index contributed by atoms with van der Waals surface area (Å²) >= 11 is 3.34. The molecule has 0 saturated carbocycles. The molecule has 0 bridgehead atoms. The fourth-order valence-corrected chi connectivity index (χ4v) is 2.78. The van der Waals surface area contributed by atoms with E-state index in [1.165, 1.54) is 0 Å². The lowest BCUT2D eigenvalue weighted by molar-refractivity contribution is -0.113. The summed E-state index contributed by atoms with van der Waals surface area (Å²) in [5, 5.41) is 2.67. The number of para-hydroxylation sites is 1. The first kappa shape index (κ1) is 15.3. The third-order valence-corrected chi connectivity index (χ3v) is 4.81. The van der Waals surface area contributed by atoms with E-state index in [2.05, 4.69) is 21.2 Å². The molecule has 1 rings (SSSR count). The molecule has 18 heavy (non-hydrogen) atoms. The maximum Gasteiger partial charge on any atom is 0.237 e. The van der Waals surface area contributed by atoms with Crippen LogP contribution in [0.5, 0.6) is 0 Å². The Morgan fingerprint density at radius 3 is 2.78 bits per heavy atom. The Kier molecular flexibility index (Phi) is 6.52. The van der Waals surface area contributed by atoms with Crippen molar-refractivity contribution in [1.82, 2.24) is 0 Å². The summed E-state index contributed by atoms with van der Waals surface area (Å²) in [7, 11) is -1.18. The molecule has 100 valence electrons. The van der Waals surface area contributed by atoms with E-state index in [4.69, 9.17) is 5.73 Å². The van der Waals surface area contributed by atoms with E-state index in [1.807, 2.05) is 25.1 Å². The quantitative estimate of drug-likeness (QED) is 0.835. The van der Waals surface area contributed by atoms with E-state index >= 15 is 0 Å². The lowest BCUT2D eigenvalue weighted by atomic mass is 10.3. The third-order valence-electron chi connectivity index (χ3n) is 2.44. The highest BCUT2D eigenvalue weighted by Gasteiger charge is 2.15. The molecule has 0 spiro atoms. The fraction of sp³-hybridized carbons (Fsp3) is 0.417. The lowest BCUT2D eigenvalue weighted by Crippen LogP contribution is -2.26. The zero-order chi connectivity index (χ0) is 13.5. The van der Waals surface area contributed by atoms with Gasteiger partial charge in [0.1, 0.15) is 5.75 Å². The topological polar surface area (TPSA) is 72.2 Å². The Bertz CT molecular complexity index is 440. The Labute approximate surface area is 118 Å². The molecule has 0 fully saturated rings. The Morgan fingerprint density at radius 1 is 1.50 bits per heavy atom. The van der Waals surface area contributed by atoms with Crippen molar-refractivity contribution in [2.75, 3.05) is 17.6 Å². The summed E-state index contributed by atoms with van der Waals surface area (Å²) in [6.07, 6.45) is 0.662. The maximum absolute atomic E-state index is 11.8. The van der Waals surface area contributed by atoms with Crippen LogP contribution in [0.2, 0.25) is 0 Å². The van der Waals surface area contributed by atoms with E-state index in [0.29, 0.717) is 18.7 Å². The van der Waals surface area contributed by atoms with Gasteiger partial charge in [-0.2, -0.15) is 0 Å². The average Bonchev–Trinajstić information content (AvgIpc) is 2.32. The van der Waals surface area contributed by atoms with Gasteiger partial charge in [0.25, 0.3) is 0 Å². The first-order chi connectivity index (χ1) is 8.54. The minimum absolute atomic E-state index is 0.00248. The number of anilines is 1. The third kappa shape index (κ3) is 4.88. The lowest BCUT2D eigenvalue weighted by Gasteiger charge is -2.11. The monoisotopic (exact) mass is 332 g/mol. The normalized spacial score (nSPS) is 13.9. The van der Waals surface area contributed by atoms with Crippen molar-refractivity contribution < 1.29 is 9.00 Å². The Morgan fingerprint density at radius 2 is 2.17 bits per heavy atom. The summed E-state index contributed by atoms with van der Waals surface area (Å²) < 4.78 is 12.6. The molecule has 0 aliphatic carbocycles. The second kappa shape index (κ2) is 7.66. The van der Waals surface area contributed by atoms with Crippen LogP contribution in [0.1, 0.15) is 13.3 Å². The molecule has 0 saturated heterocycles. The molecule has 1 aromatic carbocycles. The van der Waals surface area contributed by atoms with Crippen LogP contribution in [0.15, 0.2) is 28.7 Å². The van der Waals surface area contributed by atoms with Crippen molar-refractivity contribution >= 4 is 38.3 Å². The number of amides is 1. The molecule has 1 amide bonds. The molecule has 1 aromatic rings. The first-order valence-electron chi connectivity index (χ1n) is 5.66. The summed E-state index contributed by atoms with van der Waals surface area (Å²) in [6, 6.07) is 7.31. The Balaban J connectivity index is 2.52. The Hall–Kier alpha value is -0.720. The summed E-state index contributed by atoms with van der Waals surface area (Å²) in [6.45, 7) is 2.33. The maximum atomic E-state index is 11.8. The number of halogens is 1. The zero-order valence-electron chi connectivity index (χ0n) is 10.2. The molecule has 0 aliphatic rings. The van der Waals surface area contributed by atoms with E-state index < -0.39 is 10.8 Å². The largest absolute Gasteiger partial charge is 0.330 e. The van der Waals surface area contributed by atoms with Crippen LogP contribution in [-0.4, -0.2) is 27.7 Å². The van der Waals surface area contributed by atoms with Gasteiger partial charge in [-0.15, -0.1) is 0 Å². The van der Waals surface area contributed by atoms with Gasteiger partial charge in [-0.1, -0.05) is 19.1 Å². The standard InChI is InChI=1S/C12H17BrN2O2S/c1-9(6-7-14)18(17)8-12(16)15-11-5-3-2-4-10(11)13/h2-5,9H,6-8,14H2,1H3,(H,15,16). The molecule has 0 aromatic heterocycles. The van der Waals surface area contributed by atoms with Crippen LogP contribution >= 0.6 is 15.9 Å². The van der Waals surface area contributed by atoms with Gasteiger partial charge in [0, 0.05) is 20.5 Å². The number of rotatable bonds is 6. The zero-order valence-corrected chi connectivity index (χ0v) is 12.6.